The van der Waals surface area contributed by atoms with Gasteiger partial charge in [-0.25, -0.2) is 0 Å². The van der Waals surface area contributed by atoms with E-state index in [1.165, 1.54) is 16.8 Å². The number of carbonyl (C=O) groups excluding carboxylic acids is 1. The molecule has 0 atom stereocenters. The van der Waals surface area contributed by atoms with Crippen molar-refractivity contribution in [3.05, 3.63) is 95.1 Å². The van der Waals surface area contributed by atoms with Gasteiger partial charge in [0.1, 0.15) is 24.0 Å². The highest BCUT2D eigenvalue weighted by molar-refractivity contribution is 8.27. The first-order valence-corrected chi connectivity index (χ1v) is 12.4. The summed E-state index contributed by atoms with van der Waals surface area (Å²) in [7, 11) is 1.55. The van der Waals surface area contributed by atoms with Crippen molar-refractivity contribution in [3.8, 4) is 17.2 Å². The van der Waals surface area contributed by atoms with Gasteiger partial charge in [-0.3, -0.25) is 10.2 Å². The molecular weight excluding hydrogens is 488 g/mol. The molecule has 0 saturated carbocycles. The van der Waals surface area contributed by atoms with Crippen LogP contribution in [0.2, 0.25) is 0 Å². The molecule has 2 heterocycles. The molecule has 0 fully saturated rings. The zero-order valence-electron chi connectivity index (χ0n) is 20.3. The normalized spacial score (nSPS) is 15.8. The minimum Gasteiger partial charge on any atom is -0.493 e. The van der Waals surface area contributed by atoms with E-state index in [-0.39, 0.29) is 11.4 Å². The van der Waals surface area contributed by atoms with Gasteiger partial charge in [-0.1, -0.05) is 48.5 Å². The van der Waals surface area contributed by atoms with Crippen LogP contribution in [0.4, 0.5) is 0 Å². The van der Waals surface area contributed by atoms with Gasteiger partial charge in [-0.15, -0.1) is 0 Å². The molecule has 2 aliphatic heterocycles. The monoisotopic (exact) mass is 512 g/mol. The summed E-state index contributed by atoms with van der Waals surface area (Å²) in [6.07, 6.45) is 1.61. The number of nitrogens with one attached hydrogen (secondary N) is 1. The fourth-order valence-corrected chi connectivity index (χ4v) is 4.78. The SMILES string of the molecule is COc1cc(/C=C2/C(=N)N3N=C(c4ccccc4C)SC3=NC2=O)ccc1OCCOc1ccccc1. The van der Waals surface area contributed by atoms with Crippen LogP contribution in [0.25, 0.3) is 6.08 Å². The Morgan fingerprint density at radius 2 is 1.73 bits per heavy atom. The summed E-state index contributed by atoms with van der Waals surface area (Å²) in [5, 5.41) is 15.7. The van der Waals surface area contributed by atoms with Crippen molar-refractivity contribution in [1.29, 1.82) is 5.41 Å². The number of hydrogen-bond donors (Lipinski definition) is 1. The molecule has 0 bridgehead atoms. The number of thioether (sulfide) groups is 1. The quantitative estimate of drug-likeness (QED) is 0.332. The van der Waals surface area contributed by atoms with Gasteiger partial charge in [0.25, 0.3) is 5.91 Å². The van der Waals surface area contributed by atoms with E-state index >= 15 is 0 Å². The number of para-hydroxylation sites is 1. The Balaban J connectivity index is 1.30. The maximum absolute atomic E-state index is 12.8. The number of methoxy groups -OCH3 is 1. The molecule has 9 heteroatoms. The Morgan fingerprint density at radius 1 is 0.973 bits per heavy atom. The molecule has 0 aromatic heterocycles. The van der Waals surface area contributed by atoms with Gasteiger partial charge in [-0.2, -0.15) is 15.1 Å². The van der Waals surface area contributed by atoms with Crippen molar-refractivity contribution in [2.24, 2.45) is 10.1 Å². The molecule has 37 heavy (non-hydrogen) atoms. The number of aryl methyl sites for hydroxylation is 1. The number of nitrogens with zero attached hydrogens (tertiary/aromatic N) is 3. The van der Waals surface area contributed by atoms with Gasteiger partial charge in [0.2, 0.25) is 5.17 Å². The summed E-state index contributed by atoms with van der Waals surface area (Å²) in [5.41, 5.74) is 2.83. The minimum absolute atomic E-state index is 0.0246. The summed E-state index contributed by atoms with van der Waals surface area (Å²) >= 11 is 1.28. The highest BCUT2D eigenvalue weighted by atomic mass is 32.2. The zero-order valence-corrected chi connectivity index (χ0v) is 21.1. The molecule has 1 N–H and O–H groups in total. The first-order chi connectivity index (χ1) is 18.0. The fraction of sp³-hybridized carbons (Fsp3) is 0.143. The third-order valence-electron chi connectivity index (χ3n) is 5.68. The van der Waals surface area contributed by atoms with Crippen LogP contribution in [0, 0.1) is 12.3 Å². The highest BCUT2D eigenvalue weighted by Gasteiger charge is 2.36. The Kier molecular flexibility index (Phi) is 7.04. The number of aliphatic imine (C=N–C) groups is 1. The molecule has 5 rings (SSSR count). The molecule has 0 aliphatic carbocycles. The van der Waals surface area contributed by atoms with Crippen molar-refractivity contribution in [3.63, 3.8) is 0 Å². The maximum Gasteiger partial charge on any atom is 0.283 e. The summed E-state index contributed by atoms with van der Waals surface area (Å²) < 4.78 is 17.0. The van der Waals surface area contributed by atoms with E-state index in [0.29, 0.717) is 40.5 Å². The van der Waals surface area contributed by atoms with E-state index in [0.717, 1.165) is 16.9 Å². The lowest BCUT2D eigenvalue weighted by molar-refractivity contribution is -0.114. The number of amides is 1. The smallest absolute Gasteiger partial charge is 0.283 e. The van der Waals surface area contributed by atoms with E-state index in [4.69, 9.17) is 19.6 Å². The van der Waals surface area contributed by atoms with Crippen LogP contribution in [0.1, 0.15) is 16.7 Å². The molecule has 3 aromatic carbocycles. The lowest BCUT2D eigenvalue weighted by Crippen LogP contribution is -2.35. The lowest BCUT2D eigenvalue weighted by atomic mass is 10.1. The van der Waals surface area contributed by atoms with Crippen LogP contribution in [-0.2, 0) is 4.79 Å². The molecule has 0 saturated heterocycles. The van der Waals surface area contributed by atoms with Crippen molar-refractivity contribution in [1.82, 2.24) is 5.01 Å². The van der Waals surface area contributed by atoms with Crippen molar-refractivity contribution < 1.29 is 19.0 Å². The van der Waals surface area contributed by atoms with Crippen LogP contribution in [0.15, 0.2) is 88.5 Å². The van der Waals surface area contributed by atoms with Crippen molar-refractivity contribution in [2.45, 2.75) is 6.92 Å². The van der Waals surface area contributed by atoms with E-state index in [9.17, 15) is 4.79 Å². The summed E-state index contributed by atoms with van der Waals surface area (Å²) in [6.45, 7) is 2.71. The Hall–Kier alpha value is -4.37. The molecule has 0 unspecified atom stereocenters. The number of fused-ring (bicyclic) bond motifs is 1. The predicted octanol–water partition coefficient (Wildman–Crippen LogP) is 5.13. The Morgan fingerprint density at radius 3 is 2.51 bits per heavy atom. The molecule has 2 aliphatic rings. The van der Waals surface area contributed by atoms with Gasteiger partial charge < -0.3 is 14.2 Å². The average Bonchev–Trinajstić information content (AvgIpc) is 3.34. The molecule has 0 spiro atoms. The standard InChI is InChI=1S/C28H24N4O4S/c1-18-8-6-7-11-21(18)27-31-32-25(29)22(26(33)30-28(32)37-27)16-19-12-13-23(24(17-19)34-2)36-15-14-35-20-9-4-3-5-10-20/h3-13,16-17,29H,14-15H2,1-2H3/b22-16-,29-25?. The van der Waals surface area contributed by atoms with Crippen LogP contribution < -0.4 is 14.2 Å². The second-order valence-electron chi connectivity index (χ2n) is 8.16. The van der Waals surface area contributed by atoms with E-state index in [1.54, 1.807) is 31.4 Å². The maximum atomic E-state index is 12.8. The third-order valence-corrected chi connectivity index (χ3v) is 6.62. The average molecular weight is 513 g/mol. The second-order valence-corrected chi connectivity index (χ2v) is 9.12. The van der Waals surface area contributed by atoms with Crippen LogP contribution in [-0.4, -0.2) is 47.3 Å². The number of ether oxygens (including phenoxy) is 3. The topological polar surface area (TPSA) is 96.6 Å². The molecule has 1 amide bonds. The summed E-state index contributed by atoms with van der Waals surface area (Å²) in [6, 6.07) is 22.7. The van der Waals surface area contributed by atoms with Crippen LogP contribution >= 0.6 is 11.8 Å². The van der Waals surface area contributed by atoms with Crippen LogP contribution in [0.5, 0.6) is 17.2 Å². The van der Waals surface area contributed by atoms with Crippen molar-refractivity contribution >= 4 is 39.8 Å². The lowest BCUT2D eigenvalue weighted by Gasteiger charge is -2.20. The molecular formula is C28H24N4O4S. The zero-order chi connectivity index (χ0) is 25.8. The van der Waals surface area contributed by atoms with E-state index < -0.39 is 5.91 Å². The first-order valence-electron chi connectivity index (χ1n) is 11.6. The second kappa shape index (κ2) is 10.7. The minimum atomic E-state index is -0.484. The largest absolute Gasteiger partial charge is 0.493 e. The van der Waals surface area contributed by atoms with Crippen molar-refractivity contribution in [2.75, 3.05) is 20.3 Å². The summed E-state index contributed by atoms with van der Waals surface area (Å²) in [5.74, 6) is 1.32. The molecule has 8 nitrogen and oxygen atoms in total. The van der Waals surface area contributed by atoms with E-state index in [2.05, 4.69) is 10.1 Å². The number of rotatable bonds is 8. The number of hydrazone groups is 1. The number of hydrogen-bond acceptors (Lipinski definition) is 7. The van der Waals surface area contributed by atoms with Gasteiger partial charge >= 0.3 is 0 Å². The fourth-order valence-electron chi connectivity index (χ4n) is 3.80. The molecule has 0 radical (unpaired) electrons. The van der Waals surface area contributed by atoms with Gasteiger partial charge in [0.15, 0.2) is 17.3 Å². The first kappa shape index (κ1) is 24.3. The third kappa shape index (κ3) is 5.26. The molecule has 186 valence electrons. The number of carbonyl (C=O) groups is 1. The Bertz CT molecular complexity index is 1450. The van der Waals surface area contributed by atoms with Gasteiger partial charge in [-0.05, 0) is 60.2 Å². The molecule has 3 aromatic rings. The van der Waals surface area contributed by atoms with Crippen LogP contribution in [0.3, 0.4) is 0 Å². The summed E-state index contributed by atoms with van der Waals surface area (Å²) in [4.78, 5) is 17.0. The highest BCUT2D eigenvalue weighted by Crippen LogP contribution is 2.33. The Labute approximate surface area is 218 Å². The predicted molar refractivity (Wildman–Crippen MR) is 146 cm³/mol. The number of amidine groups is 2. The van der Waals surface area contributed by atoms with Gasteiger partial charge in [0, 0.05) is 5.56 Å². The van der Waals surface area contributed by atoms with E-state index in [1.807, 2.05) is 61.5 Å². The number of benzene rings is 3. The van der Waals surface area contributed by atoms with Gasteiger partial charge in [0.05, 0.1) is 12.7 Å².